The fraction of sp³-hybridized carbons (Fsp3) is 0.462. The fourth-order valence-electron chi connectivity index (χ4n) is 1.92. The van der Waals surface area contributed by atoms with Crippen molar-refractivity contribution in [1.29, 1.82) is 0 Å². The molecule has 98 valence electrons. The second-order valence-corrected chi connectivity index (χ2v) is 5.32. The van der Waals surface area contributed by atoms with Gasteiger partial charge in [-0.15, -0.1) is 0 Å². The fourth-order valence-corrected chi connectivity index (χ4v) is 1.92. The Morgan fingerprint density at radius 2 is 2.11 bits per heavy atom. The predicted octanol–water partition coefficient (Wildman–Crippen LogP) is 1.12. The molecule has 4 N–H and O–H groups in total. The van der Waals surface area contributed by atoms with Crippen molar-refractivity contribution in [2.45, 2.75) is 19.9 Å². The summed E-state index contributed by atoms with van der Waals surface area (Å²) in [6.45, 7) is 4.52. The molecule has 1 unspecified atom stereocenters. The van der Waals surface area contributed by atoms with Gasteiger partial charge in [0.15, 0.2) is 5.58 Å². The van der Waals surface area contributed by atoms with Gasteiger partial charge in [-0.2, -0.15) is 0 Å². The van der Waals surface area contributed by atoms with Crippen molar-refractivity contribution in [1.82, 2.24) is 4.57 Å². The number of aryl methyl sites for hydroxylation is 1. The van der Waals surface area contributed by atoms with Gasteiger partial charge >= 0.3 is 5.76 Å². The van der Waals surface area contributed by atoms with Crippen LogP contribution in [0.25, 0.3) is 11.1 Å². The van der Waals surface area contributed by atoms with E-state index < -0.39 is 0 Å². The Balaban J connectivity index is 2.51. The molecule has 0 aliphatic carbocycles. The van der Waals surface area contributed by atoms with E-state index in [0.717, 1.165) is 11.1 Å². The van der Waals surface area contributed by atoms with Crippen molar-refractivity contribution in [3.05, 3.63) is 34.3 Å². The van der Waals surface area contributed by atoms with E-state index >= 15 is 0 Å². The van der Waals surface area contributed by atoms with E-state index in [9.17, 15) is 4.79 Å². The van der Waals surface area contributed by atoms with E-state index in [1.54, 1.807) is 7.05 Å². The second-order valence-electron chi connectivity index (χ2n) is 5.32. The molecule has 0 aliphatic heterocycles. The first kappa shape index (κ1) is 12.9. The molecule has 18 heavy (non-hydrogen) atoms. The molecule has 1 heterocycles. The number of fused-ring (bicyclic) bond motifs is 1. The van der Waals surface area contributed by atoms with Gasteiger partial charge in [0.1, 0.15) is 0 Å². The molecule has 0 saturated heterocycles. The SMILES string of the molecule is Cn1c(=O)oc2cc(C(N)C(C)(C)CN)ccc21. The van der Waals surface area contributed by atoms with Gasteiger partial charge in [0, 0.05) is 13.1 Å². The number of aromatic nitrogens is 1. The minimum Gasteiger partial charge on any atom is -0.408 e. The highest BCUT2D eigenvalue weighted by Crippen LogP contribution is 2.31. The summed E-state index contributed by atoms with van der Waals surface area (Å²) in [4.78, 5) is 11.4. The number of rotatable bonds is 3. The lowest BCUT2D eigenvalue weighted by Gasteiger charge is -2.30. The summed E-state index contributed by atoms with van der Waals surface area (Å²) in [5, 5.41) is 0. The predicted molar refractivity (Wildman–Crippen MR) is 71.2 cm³/mol. The van der Waals surface area contributed by atoms with Crippen LogP contribution in [0, 0.1) is 5.41 Å². The molecule has 0 bridgehead atoms. The van der Waals surface area contributed by atoms with E-state index in [0.29, 0.717) is 12.1 Å². The Kier molecular flexibility index (Phi) is 3.04. The van der Waals surface area contributed by atoms with Crippen molar-refractivity contribution in [3.63, 3.8) is 0 Å². The van der Waals surface area contributed by atoms with Crippen LogP contribution in [0.15, 0.2) is 27.4 Å². The lowest BCUT2D eigenvalue weighted by Crippen LogP contribution is -2.35. The zero-order valence-corrected chi connectivity index (χ0v) is 10.9. The summed E-state index contributed by atoms with van der Waals surface area (Å²) in [5.74, 6) is -0.367. The molecule has 0 fully saturated rings. The smallest absolute Gasteiger partial charge is 0.408 e. The van der Waals surface area contributed by atoms with Gasteiger partial charge in [-0.1, -0.05) is 19.9 Å². The highest BCUT2D eigenvalue weighted by Gasteiger charge is 2.26. The Morgan fingerprint density at radius 1 is 1.44 bits per heavy atom. The summed E-state index contributed by atoms with van der Waals surface area (Å²) in [5.41, 5.74) is 14.0. The van der Waals surface area contributed by atoms with Gasteiger partial charge in [0.05, 0.1) is 5.52 Å². The number of benzene rings is 1. The normalized spacial score (nSPS) is 14.1. The molecular weight excluding hydrogens is 230 g/mol. The Bertz CT molecular complexity index is 625. The molecule has 0 spiro atoms. The number of nitrogens with two attached hydrogens (primary N) is 2. The van der Waals surface area contributed by atoms with Gasteiger partial charge in [-0.25, -0.2) is 4.79 Å². The summed E-state index contributed by atoms with van der Waals surface area (Å²) >= 11 is 0. The topological polar surface area (TPSA) is 87.2 Å². The molecule has 5 heteroatoms. The van der Waals surface area contributed by atoms with E-state index in [-0.39, 0.29) is 17.2 Å². The average Bonchev–Trinajstić information content (AvgIpc) is 2.63. The quantitative estimate of drug-likeness (QED) is 0.853. The largest absolute Gasteiger partial charge is 0.419 e. The number of hydrogen-bond donors (Lipinski definition) is 2. The third-order valence-corrected chi connectivity index (χ3v) is 3.54. The van der Waals surface area contributed by atoms with Crippen LogP contribution in [0.2, 0.25) is 0 Å². The van der Waals surface area contributed by atoms with Crippen molar-refractivity contribution >= 4 is 11.1 Å². The molecule has 0 radical (unpaired) electrons. The van der Waals surface area contributed by atoms with Gasteiger partial charge in [-0.3, -0.25) is 4.57 Å². The third kappa shape index (κ3) is 1.95. The number of nitrogens with zero attached hydrogens (tertiary/aromatic N) is 1. The van der Waals surface area contributed by atoms with Crippen LogP contribution in [-0.2, 0) is 7.05 Å². The first-order valence-corrected chi connectivity index (χ1v) is 5.92. The van der Waals surface area contributed by atoms with Gasteiger partial charge in [0.25, 0.3) is 0 Å². The summed E-state index contributed by atoms with van der Waals surface area (Å²) in [6, 6.07) is 5.39. The van der Waals surface area contributed by atoms with Crippen LogP contribution in [0.3, 0.4) is 0 Å². The van der Waals surface area contributed by atoms with Crippen LogP contribution in [-0.4, -0.2) is 11.1 Å². The van der Waals surface area contributed by atoms with Gasteiger partial charge < -0.3 is 15.9 Å². The Labute approximate surface area is 105 Å². The van der Waals surface area contributed by atoms with Crippen LogP contribution >= 0.6 is 0 Å². The molecule has 1 aromatic heterocycles. The molecular formula is C13H19N3O2. The second kappa shape index (κ2) is 4.26. The van der Waals surface area contributed by atoms with E-state index in [1.165, 1.54) is 4.57 Å². The van der Waals surface area contributed by atoms with E-state index in [1.807, 2.05) is 32.0 Å². The molecule has 2 rings (SSSR count). The molecule has 0 aliphatic rings. The molecule has 1 atom stereocenters. The maximum Gasteiger partial charge on any atom is 0.419 e. The van der Waals surface area contributed by atoms with Crippen molar-refractivity contribution in [2.24, 2.45) is 23.9 Å². The highest BCUT2D eigenvalue weighted by atomic mass is 16.4. The minimum atomic E-state index is -0.367. The highest BCUT2D eigenvalue weighted by molar-refractivity contribution is 5.73. The van der Waals surface area contributed by atoms with Crippen LogP contribution in [0.5, 0.6) is 0 Å². The third-order valence-electron chi connectivity index (χ3n) is 3.54. The lowest BCUT2D eigenvalue weighted by atomic mass is 9.81. The van der Waals surface area contributed by atoms with Crippen molar-refractivity contribution in [3.8, 4) is 0 Å². The molecule has 5 nitrogen and oxygen atoms in total. The van der Waals surface area contributed by atoms with E-state index in [4.69, 9.17) is 15.9 Å². The van der Waals surface area contributed by atoms with Crippen LogP contribution < -0.4 is 17.2 Å². The lowest BCUT2D eigenvalue weighted by molar-refractivity contribution is 0.301. The number of hydrogen-bond acceptors (Lipinski definition) is 4. The zero-order chi connectivity index (χ0) is 13.5. The standard InChI is InChI=1S/C13H19N3O2/c1-13(2,7-14)11(15)8-4-5-9-10(6-8)18-12(17)16(9)3/h4-6,11H,7,14-15H2,1-3H3. The maximum absolute atomic E-state index is 11.4. The monoisotopic (exact) mass is 249 g/mol. The Morgan fingerprint density at radius 3 is 2.72 bits per heavy atom. The van der Waals surface area contributed by atoms with Crippen LogP contribution in [0.4, 0.5) is 0 Å². The van der Waals surface area contributed by atoms with Gasteiger partial charge in [0.2, 0.25) is 0 Å². The zero-order valence-electron chi connectivity index (χ0n) is 10.9. The number of oxazole rings is 1. The van der Waals surface area contributed by atoms with Gasteiger partial charge in [-0.05, 0) is 29.7 Å². The molecule has 0 saturated carbocycles. The first-order chi connectivity index (χ1) is 8.36. The summed E-state index contributed by atoms with van der Waals surface area (Å²) in [6.07, 6.45) is 0. The Hall–Kier alpha value is -1.59. The molecule has 2 aromatic rings. The first-order valence-electron chi connectivity index (χ1n) is 5.92. The van der Waals surface area contributed by atoms with E-state index in [2.05, 4.69) is 0 Å². The molecule has 1 aromatic carbocycles. The van der Waals surface area contributed by atoms with Crippen molar-refractivity contribution in [2.75, 3.05) is 6.54 Å². The average molecular weight is 249 g/mol. The van der Waals surface area contributed by atoms with Crippen LogP contribution in [0.1, 0.15) is 25.5 Å². The minimum absolute atomic E-state index is 0.197. The summed E-state index contributed by atoms with van der Waals surface area (Å²) in [7, 11) is 1.68. The molecule has 0 amide bonds. The summed E-state index contributed by atoms with van der Waals surface area (Å²) < 4.78 is 6.63. The van der Waals surface area contributed by atoms with Crippen molar-refractivity contribution < 1.29 is 4.42 Å². The maximum atomic E-state index is 11.4.